The Morgan fingerprint density at radius 1 is 1.25 bits per heavy atom. The third kappa shape index (κ3) is 3.79. The van der Waals surface area contributed by atoms with Crippen molar-refractivity contribution in [3.63, 3.8) is 0 Å². The highest BCUT2D eigenvalue weighted by atomic mass is 127. The van der Waals surface area contributed by atoms with Gasteiger partial charge in [0.15, 0.2) is 0 Å². The van der Waals surface area contributed by atoms with E-state index in [1.54, 1.807) is 24.1 Å². The number of benzene rings is 2. The molecule has 2 rings (SSSR count). The first-order valence-corrected chi connectivity index (χ1v) is 7.79. The third-order valence-corrected chi connectivity index (χ3v) is 4.20. The summed E-state index contributed by atoms with van der Waals surface area (Å²) in [6, 6.07) is 11.8. The van der Waals surface area contributed by atoms with Crippen LogP contribution in [0.5, 0.6) is 0 Å². The van der Waals surface area contributed by atoms with Crippen LogP contribution in [0.4, 0.5) is 4.39 Å². The summed E-state index contributed by atoms with van der Waals surface area (Å²) < 4.78 is 14.6. The first-order valence-electron chi connectivity index (χ1n) is 5.92. The maximum absolute atomic E-state index is 12.9. The van der Waals surface area contributed by atoms with Crippen LogP contribution in [-0.4, -0.2) is 17.9 Å². The topological polar surface area (TPSA) is 20.3 Å². The van der Waals surface area contributed by atoms with Gasteiger partial charge in [0.1, 0.15) is 5.82 Å². The lowest BCUT2D eigenvalue weighted by Gasteiger charge is -2.18. The van der Waals surface area contributed by atoms with Gasteiger partial charge in [0.25, 0.3) is 5.91 Å². The summed E-state index contributed by atoms with van der Waals surface area (Å²) in [6.07, 6.45) is 0. The summed E-state index contributed by atoms with van der Waals surface area (Å²) in [7, 11) is 1.73. The van der Waals surface area contributed by atoms with Gasteiger partial charge in [0.2, 0.25) is 0 Å². The fraction of sp³-hybridized carbons (Fsp3) is 0.133. The van der Waals surface area contributed by atoms with E-state index < -0.39 is 0 Å². The van der Waals surface area contributed by atoms with Crippen LogP contribution >= 0.6 is 38.5 Å². The lowest BCUT2D eigenvalue weighted by atomic mass is 10.1. The van der Waals surface area contributed by atoms with Gasteiger partial charge in [-0.2, -0.15) is 0 Å². The van der Waals surface area contributed by atoms with Gasteiger partial charge < -0.3 is 4.90 Å². The van der Waals surface area contributed by atoms with Crippen LogP contribution in [0.3, 0.4) is 0 Å². The molecule has 0 aliphatic rings. The highest BCUT2D eigenvalue weighted by Gasteiger charge is 2.15. The second-order valence-electron chi connectivity index (χ2n) is 4.41. The Balaban J connectivity index is 2.16. The molecule has 0 spiro atoms. The molecular weight excluding hydrogens is 436 g/mol. The Morgan fingerprint density at radius 3 is 2.55 bits per heavy atom. The molecule has 0 bridgehead atoms. The molecule has 0 atom stereocenters. The van der Waals surface area contributed by atoms with E-state index in [0.29, 0.717) is 12.1 Å². The highest BCUT2D eigenvalue weighted by molar-refractivity contribution is 14.1. The van der Waals surface area contributed by atoms with Gasteiger partial charge in [-0.05, 0) is 74.4 Å². The van der Waals surface area contributed by atoms with Crippen molar-refractivity contribution < 1.29 is 9.18 Å². The van der Waals surface area contributed by atoms with Crippen molar-refractivity contribution in [3.05, 3.63) is 67.5 Å². The predicted molar refractivity (Wildman–Crippen MR) is 89.1 cm³/mol. The second kappa shape index (κ2) is 6.67. The second-order valence-corrected chi connectivity index (χ2v) is 6.51. The van der Waals surface area contributed by atoms with Crippen molar-refractivity contribution in [1.82, 2.24) is 4.90 Å². The molecule has 0 unspecified atom stereocenters. The van der Waals surface area contributed by atoms with Gasteiger partial charge in [0, 0.05) is 21.6 Å². The maximum atomic E-state index is 12.9. The van der Waals surface area contributed by atoms with E-state index in [0.717, 1.165) is 13.6 Å². The zero-order chi connectivity index (χ0) is 14.7. The molecule has 0 heterocycles. The molecule has 2 nitrogen and oxygen atoms in total. The molecule has 0 saturated heterocycles. The fourth-order valence-corrected chi connectivity index (χ4v) is 2.71. The molecule has 0 aliphatic heterocycles. The highest BCUT2D eigenvalue weighted by Crippen LogP contribution is 2.21. The number of amides is 1. The number of hydrogen-bond acceptors (Lipinski definition) is 1. The summed E-state index contributed by atoms with van der Waals surface area (Å²) in [5, 5.41) is 0. The number of rotatable bonds is 3. The number of halogens is 3. The smallest absolute Gasteiger partial charge is 0.255 e. The normalized spacial score (nSPS) is 10.4. The first kappa shape index (κ1) is 15.4. The van der Waals surface area contributed by atoms with Gasteiger partial charge in [-0.1, -0.05) is 12.1 Å². The quantitative estimate of drug-likeness (QED) is 0.636. The molecule has 0 saturated carbocycles. The predicted octanol–water partition coefficient (Wildman–Crippen LogP) is 4.47. The van der Waals surface area contributed by atoms with Crippen molar-refractivity contribution >= 4 is 44.4 Å². The number of hydrogen-bond donors (Lipinski definition) is 0. The van der Waals surface area contributed by atoms with Gasteiger partial charge in [-0.3, -0.25) is 4.79 Å². The molecule has 0 N–H and O–H groups in total. The van der Waals surface area contributed by atoms with Crippen molar-refractivity contribution in [2.75, 3.05) is 7.05 Å². The lowest BCUT2D eigenvalue weighted by molar-refractivity contribution is 0.0784. The standard InChI is InChI=1S/C15H12BrFINO/c1-19(9-10-2-4-11(17)5-3-10)15(20)13-8-12(18)6-7-14(13)16/h2-8H,9H2,1H3. The molecule has 2 aromatic carbocycles. The Morgan fingerprint density at radius 2 is 1.90 bits per heavy atom. The van der Waals surface area contributed by atoms with E-state index in [1.807, 2.05) is 18.2 Å². The van der Waals surface area contributed by atoms with Crippen molar-refractivity contribution in [2.24, 2.45) is 0 Å². The largest absolute Gasteiger partial charge is 0.337 e. The van der Waals surface area contributed by atoms with Crippen LogP contribution in [0.1, 0.15) is 15.9 Å². The van der Waals surface area contributed by atoms with E-state index in [2.05, 4.69) is 38.5 Å². The summed E-state index contributed by atoms with van der Waals surface area (Å²) in [4.78, 5) is 14.0. The first-order chi connectivity index (χ1) is 9.47. The van der Waals surface area contributed by atoms with Crippen LogP contribution in [0, 0.1) is 9.39 Å². The minimum atomic E-state index is -0.275. The molecule has 0 fully saturated rings. The fourth-order valence-electron chi connectivity index (χ4n) is 1.80. The zero-order valence-electron chi connectivity index (χ0n) is 10.7. The Hall–Kier alpha value is -0.950. The summed E-state index contributed by atoms with van der Waals surface area (Å²) in [5.41, 5.74) is 1.52. The number of carbonyl (C=O) groups is 1. The van der Waals surface area contributed by atoms with Gasteiger partial charge in [-0.15, -0.1) is 0 Å². The van der Waals surface area contributed by atoms with Crippen LogP contribution in [-0.2, 0) is 6.54 Å². The molecule has 2 aromatic rings. The van der Waals surface area contributed by atoms with E-state index >= 15 is 0 Å². The van der Waals surface area contributed by atoms with Crippen LogP contribution in [0.25, 0.3) is 0 Å². The van der Waals surface area contributed by atoms with Crippen molar-refractivity contribution in [1.29, 1.82) is 0 Å². The summed E-state index contributed by atoms with van der Waals surface area (Å²) in [6.45, 7) is 0.441. The average molecular weight is 448 g/mol. The van der Waals surface area contributed by atoms with Crippen LogP contribution in [0.15, 0.2) is 46.9 Å². The molecule has 20 heavy (non-hydrogen) atoms. The van der Waals surface area contributed by atoms with Crippen LogP contribution < -0.4 is 0 Å². The molecular formula is C15H12BrFINO. The molecule has 5 heteroatoms. The van der Waals surface area contributed by atoms with Gasteiger partial charge >= 0.3 is 0 Å². The van der Waals surface area contributed by atoms with Crippen LogP contribution in [0.2, 0.25) is 0 Å². The van der Waals surface area contributed by atoms with E-state index in [1.165, 1.54) is 12.1 Å². The van der Waals surface area contributed by atoms with E-state index in [-0.39, 0.29) is 11.7 Å². The number of nitrogens with zero attached hydrogens (tertiary/aromatic N) is 1. The molecule has 1 amide bonds. The summed E-state index contributed by atoms with van der Waals surface area (Å²) in [5.74, 6) is -0.345. The average Bonchev–Trinajstić information content (AvgIpc) is 2.43. The minimum absolute atomic E-state index is 0.0697. The maximum Gasteiger partial charge on any atom is 0.255 e. The van der Waals surface area contributed by atoms with E-state index in [4.69, 9.17) is 0 Å². The number of carbonyl (C=O) groups excluding carboxylic acids is 1. The van der Waals surface area contributed by atoms with Gasteiger partial charge in [-0.25, -0.2) is 4.39 Å². The molecule has 104 valence electrons. The SMILES string of the molecule is CN(Cc1ccc(F)cc1)C(=O)c1cc(I)ccc1Br. The summed E-state index contributed by atoms with van der Waals surface area (Å²) >= 11 is 5.57. The molecule has 0 aromatic heterocycles. The van der Waals surface area contributed by atoms with Gasteiger partial charge in [0.05, 0.1) is 5.56 Å². The molecule has 0 aliphatic carbocycles. The van der Waals surface area contributed by atoms with Crippen molar-refractivity contribution in [3.8, 4) is 0 Å². The lowest BCUT2D eigenvalue weighted by Crippen LogP contribution is -2.26. The Kier molecular flexibility index (Phi) is 5.15. The Bertz CT molecular complexity index is 630. The zero-order valence-corrected chi connectivity index (χ0v) is 14.5. The monoisotopic (exact) mass is 447 g/mol. The minimum Gasteiger partial charge on any atom is -0.337 e. The van der Waals surface area contributed by atoms with Crippen molar-refractivity contribution in [2.45, 2.75) is 6.54 Å². The third-order valence-electron chi connectivity index (χ3n) is 2.84. The Labute approximate surface area is 139 Å². The molecule has 0 radical (unpaired) electrons. The van der Waals surface area contributed by atoms with E-state index in [9.17, 15) is 9.18 Å².